The molecule has 6 aliphatic rings. The Bertz CT molecular complexity index is 2900. The van der Waals surface area contributed by atoms with Crippen LogP contribution in [0.2, 0.25) is 0 Å². The first-order valence-electron chi connectivity index (χ1n) is 18.5. The molecular formula is C45H34N2O3. The minimum atomic E-state index is -0.0375. The number of benzene rings is 5. The molecule has 8 aromatic rings. The van der Waals surface area contributed by atoms with E-state index in [0.29, 0.717) is 17.2 Å². The lowest BCUT2D eigenvalue weighted by atomic mass is 9.82. The van der Waals surface area contributed by atoms with Crippen LogP contribution < -0.4 is 5.56 Å². The summed E-state index contributed by atoms with van der Waals surface area (Å²) in [5, 5.41) is 7.00. The molecule has 0 radical (unpaired) electrons. The molecule has 3 heterocycles. The molecule has 50 heavy (non-hydrogen) atoms. The van der Waals surface area contributed by atoms with Gasteiger partial charge in [0.15, 0.2) is 11.6 Å². The number of nitrogens with zero attached hydrogens (tertiary/aromatic N) is 2. The lowest BCUT2D eigenvalue weighted by Crippen LogP contribution is -2.19. The Hall–Kier alpha value is -5.29. The third kappa shape index (κ3) is 3.32. The summed E-state index contributed by atoms with van der Waals surface area (Å²) in [5.41, 5.74) is 8.87. The van der Waals surface area contributed by atoms with Gasteiger partial charge in [0.2, 0.25) is 0 Å². The summed E-state index contributed by atoms with van der Waals surface area (Å²) >= 11 is 0. The molecular weight excluding hydrogens is 617 g/mol. The molecule has 0 N–H and O–H groups in total. The minimum Gasteiger partial charge on any atom is -0.308 e. The van der Waals surface area contributed by atoms with Crippen molar-refractivity contribution in [1.29, 1.82) is 0 Å². The van der Waals surface area contributed by atoms with Gasteiger partial charge in [0.05, 0.1) is 22.1 Å². The van der Waals surface area contributed by atoms with Crippen molar-refractivity contribution in [3.05, 3.63) is 118 Å². The van der Waals surface area contributed by atoms with Crippen LogP contribution in [-0.2, 0) is 0 Å². The number of fused-ring (bicyclic) bond motifs is 14. The Morgan fingerprint density at radius 3 is 1.68 bits per heavy atom. The first-order valence-corrected chi connectivity index (χ1v) is 18.5. The smallest absolute Gasteiger partial charge is 0.263 e. The second kappa shape index (κ2) is 9.48. The molecule has 2 fully saturated rings. The molecule has 5 nitrogen and oxygen atoms in total. The summed E-state index contributed by atoms with van der Waals surface area (Å²) in [6.45, 7) is 0. The molecule has 0 amide bonds. The Labute approximate surface area is 287 Å². The number of Topliss-reactive ketones (excluding diaryl/α,β-unsaturated/α-hetero) is 2. The number of ketones is 2. The van der Waals surface area contributed by atoms with E-state index in [9.17, 15) is 14.4 Å². The van der Waals surface area contributed by atoms with Gasteiger partial charge in [0.25, 0.3) is 5.56 Å². The van der Waals surface area contributed by atoms with Crippen LogP contribution in [0.4, 0.5) is 0 Å². The second-order valence-electron chi connectivity index (χ2n) is 15.6. The summed E-state index contributed by atoms with van der Waals surface area (Å²) < 4.78 is 4.20. The largest absolute Gasteiger partial charge is 0.308 e. The summed E-state index contributed by atoms with van der Waals surface area (Å²) in [7, 11) is 0. The SMILES string of the molecule is O=C1c2cc3c(cc2C2CCC1CC2)c1cc2c(=O)n(-c4ccccc4)c4ccccc4c2c2c4cc5c(cc4n3c12)C(=O)C1CCC5CC1. The van der Waals surface area contributed by atoms with E-state index in [4.69, 9.17) is 0 Å². The molecule has 5 aromatic carbocycles. The van der Waals surface area contributed by atoms with Gasteiger partial charge in [-0.05, 0) is 123 Å². The lowest BCUT2D eigenvalue weighted by Gasteiger charge is -2.22. The van der Waals surface area contributed by atoms with Crippen molar-refractivity contribution in [3.8, 4) is 5.69 Å². The molecule has 0 saturated heterocycles. The van der Waals surface area contributed by atoms with E-state index in [1.807, 2.05) is 41.0 Å². The predicted octanol–water partition coefficient (Wildman–Crippen LogP) is 10.2. The van der Waals surface area contributed by atoms with Crippen molar-refractivity contribution < 1.29 is 9.59 Å². The summed E-state index contributed by atoms with van der Waals surface area (Å²) in [6.07, 6.45) is 8.03. The Balaban J connectivity index is 1.33. The summed E-state index contributed by atoms with van der Waals surface area (Å²) in [6, 6.07) is 29.3. The number of para-hydroxylation sites is 2. The standard InChI is InChI=1S/C45H34N2O3/c48-43-25-14-10-23(11-15-25)29-18-31-32-20-36-40(28-8-4-5-9-37(28)46(45(36)50)27-6-2-1-3-7-27)41-35-19-30-24-12-16-26(17-13-24)44(49)34(30)22-39(35)47(42(32)41)38(31)21-33(29)43/h1-9,18-26H,10-17H2. The van der Waals surface area contributed by atoms with Crippen molar-refractivity contribution in [3.63, 3.8) is 0 Å². The quantitative estimate of drug-likeness (QED) is 0.166. The topological polar surface area (TPSA) is 60.6 Å². The fraction of sp³-hybridized carbons (Fsp3) is 0.267. The summed E-state index contributed by atoms with van der Waals surface area (Å²) in [4.78, 5) is 43.0. The highest BCUT2D eigenvalue weighted by atomic mass is 16.1. The van der Waals surface area contributed by atoms with Crippen LogP contribution in [0.3, 0.4) is 0 Å². The van der Waals surface area contributed by atoms with Gasteiger partial charge in [0, 0.05) is 66.4 Å². The molecule has 4 bridgehead atoms. The van der Waals surface area contributed by atoms with Crippen molar-refractivity contribution in [2.45, 2.75) is 63.2 Å². The zero-order valence-corrected chi connectivity index (χ0v) is 27.7. The molecule has 242 valence electrons. The average molecular weight is 651 g/mol. The van der Waals surface area contributed by atoms with Crippen LogP contribution in [0.25, 0.3) is 65.5 Å². The molecule has 5 heteroatoms. The number of hydrogen-bond donors (Lipinski definition) is 0. The van der Waals surface area contributed by atoms with E-state index >= 15 is 0 Å². The molecule has 6 aliphatic carbocycles. The van der Waals surface area contributed by atoms with Gasteiger partial charge in [0.1, 0.15) is 0 Å². The van der Waals surface area contributed by atoms with Gasteiger partial charge in [-0.2, -0.15) is 0 Å². The maximum Gasteiger partial charge on any atom is 0.263 e. The fourth-order valence-corrected chi connectivity index (χ4v) is 11.0. The normalized spacial score (nSPS) is 23.1. The summed E-state index contributed by atoms with van der Waals surface area (Å²) in [5.74, 6) is 1.53. The third-order valence-electron chi connectivity index (χ3n) is 13.4. The highest BCUT2D eigenvalue weighted by Gasteiger charge is 2.38. The van der Waals surface area contributed by atoms with E-state index in [-0.39, 0.29) is 29.0 Å². The minimum absolute atomic E-state index is 0.0375. The van der Waals surface area contributed by atoms with E-state index in [2.05, 4.69) is 52.9 Å². The molecule has 0 unspecified atom stereocenters. The predicted molar refractivity (Wildman–Crippen MR) is 200 cm³/mol. The van der Waals surface area contributed by atoms with Crippen LogP contribution in [0, 0.1) is 11.8 Å². The van der Waals surface area contributed by atoms with Crippen molar-refractivity contribution in [1.82, 2.24) is 8.97 Å². The zero-order chi connectivity index (χ0) is 33.0. The van der Waals surface area contributed by atoms with E-state index in [0.717, 1.165) is 123 Å². The Morgan fingerprint density at radius 2 is 1.02 bits per heavy atom. The molecule has 0 atom stereocenters. The lowest BCUT2D eigenvalue weighted by molar-refractivity contribution is 0.0891. The van der Waals surface area contributed by atoms with Crippen molar-refractivity contribution in [2.24, 2.45) is 11.8 Å². The monoisotopic (exact) mass is 650 g/mol. The number of pyridine rings is 1. The van der Waals surface area contributed by atoms with Gasteiger partial charge in [-0.3, -0.25) is 19.0 Å². The zero-order valence-electron chi connectivity index (χ0n) is 27.7. The number of carbonyl (C=O) groups excluding carboxylic acids is 2. The van der Waals surface area contributed by atoms with Gasteiger partial charge in [-0.1, -0.05) is 36.4 Å². The first-order chi connectivity index (χ1) is 24.5. The van der Waals surface area contributed by atoms with E-state index < -0.39 is 0 Å². The number of rotatable bonds is 1. The van der Waals surface area contributed by atoms with Crippen molar-refractivity contribution in [2.75, 3.05) is 0 Å². The van der Waals surface area contributed by atoms with Crippen LogP contribution in [0.5, 0.6) is 0 Å². The number of carbonyl (C=O) groups is 2. The second-order valence-corrected chi connectivity index (χ2v) is 15.6. The highest BCUT2D eigenvalue weighted by Crippen LogP contribution is 2.51. The van der Waals surface area contributed by atoms with Gasteiger partial charge < -0.3 is 4.40 Å². The van der Waals surface area contributed by atoms with Crippen molar-refractivity contribution >= 4 is 71.3 Å². The van der Waals surface area contributed by atoms with Gasteiger partial charge >= 0.3 is 0 Å². The van der Waals surface area contributed by atoms with Gasteiger partial charge in [-0.25, -0.2) is 0 Å². The molecule has 3 aromatic heterocycles. The maximum atomic E-state index is 15.0. The van der Waals surface area contributed by atoms with Crippen LogP contribution >= 0.6 is 0 Å². The fourth-order valence-electron chi connectivity index (χ4n) is 11.0. The van der Waals surface area contributed by atoms with E-state index in [1.54, 1.807) is 0 Å². The van der Waals surface area contributed by atoms with Crippen LogP contribution in [-0.4, -0.2) is 20.5 Å². The Morgan fingerprint density at radius 1 is 0.460 bits per heavy atom. The maximum absolute atomic E-state index is 15.0. The molecule has 2 saturated carbocycles. The molecule has 0 spiro atoms. The van der Waals surface area contributed by atoms with Crippen LogP contribution in [0.15, 0.2) is 89.7 Å². The third-order valence-corrected chi connectivity index (χ3v) is 13.4. The van der Waals surface area contributed by atoms with Gasteiger partial charge in [-0.15, -0.1) is 0 Å². The number of hydrogen-bond acceptors (Lipinski definition) is 3. The van der Waals surface area contributed by atoms with E-state index in [1.165, 1.54) is 11.1 Å². The molecule has 0 aliphatic heterocycles. The van der Waals surface area contributed by atoms with Crippen LogP contribution in [0.1, 0.15) is 95.0 Å². The number of aromatic nitrogens is 2. The average Bonchev–Trinajstić information content (AvgIpc) is 3.48. The Kier molecular flexibility index (Phi) is 5.22. The highest BCUT2D eigenvalue weighted by molar-refractivity contribution is 6.35. The molecule has 14 rings (SSSR count). The first kappa shape index (κ1) is 27.5.